The van der Waals surface area contributed by atoms with E-state index in [-0.39, 0.29) is 36.9 Å². The summed E-state index contributed by atoms with van der Waals surface area (Å²) in [6, 6.07) is 10.7. The highest BCUT2D eigenvalue weighted by Crippen LogP contribution is 2.31. The number of halogens is 4. The lowest BCUT2D eigenvalue weighted by Crippen LogP contribution is -2.41. The molecule has 0 saturated carbocycles. The van der Waals surface area contributed by atoms with Crippen LogP contribution in [0.1, 0.15) is 82.3 Å². The summed E-state index contributed by atoms with van der Waals surface area (Å²) < 4.78 is 50.5. The first kappa shape index (κ1) is 39.2. The molecular formula is C34H42ClF3N2O7. The zero-order valence-corrected chi connectivity index (χ0v) is 28.1. The molecule has 2 aromatic rings. The number of ketones is 3. The van der Waals surface area contributed by atoms with Crippen molar-refractivity contribution in [2.45, 2.75) is 78.1 Å². The van der Waals surface area contributed by atoms with Crippen molar-refractivity contribution in [3.05, 3.63) is 64.7 Å². The van der Waals surface area contributed by atoms with Crippen molar-refractivity contribution in [1.82, 2.24) is 10.6 Å². The number of methoxy groups -OCH3 is 1. The van der Waals surface area contributed by atoms with E-state index in [1.807, 2.05) is 0 Å². The summed E-state index contributed by atoms with van der Waals surface area (Å²) in [5.41, 5.74) is -0.217. The summed E-state index contributed by atoms with van der Waals surface area (Å²) in [7, 11) is 1.43. The Morgan fingerprint density at radius 2 is 1.57 bits per heavy atom. The molecule has 0 bridgehead atoms. The van der Waals surface area contributed by atoms with Crippen LogP contribution in [0.15, 0.2) is 48.5 Å². The van der Waals surface area contributed by atoms with Gasteiger partial charge in [-0.2, -0.15) is 13.2 Å². The van der Waals surface area contributed by atoms with Crippen LogP contribution in [0.4, 0.5) is 18.0 Å². The number of amides is 2. The predicted octanol–water partition coefficient (Wildman–Crippen LogP) is 7.06. The Morgan fingerprint density at radius 3 is 2.11 bits per heavy atom. The van der Waals surface area contributed by atoms with Gasteiger partial charge in [-0.25, -0.2) is 4.79 Å². The average Bonchev–Trinajstić information content (AvgIpc) is 2.98. The summed E-state index contributed by atoms with van der Waals surface area (Å²) in [6.45, 7) is 8.04. The number of carbonyl (C=O) groups is 5. The zero-order valence-electron chi connectivity index (χ0n) is 27.3. The van der Waals surface area contributed by atoms with Gasteiger partial charge in [0.25, 0.3) is 0 Å². The molecule has 2 rings (SSSR count). The first-order valence-electron chi connectivity index (χ1n) is 15.2. The molecule has 0 unspecified atom stereocenters. The molecule has 2 aromatic carbocycles. The zero-order chi connectivity index (χ0) is 35.5. The number of alkyl halides is 3. The fraction of sp³-hybridized carbons (Fsp3) is 0.500. The van der Waals surface area contributed by atoms with Crippen LogP contribution in [-0.4, -0.2) is 54.8 Å². The number of Topliss-reactive ketones (excluding diaryl/α,β-unsaturated/α-hetero) is 3. The highest BCUT2D eigenvalue weighted by Gasteiger charge is 2.45. The molecule has 0 aromatic heterocycles. The maximum absolute atomic E-state index is 13.8. The average molecular weight is 683 g/mol. The van der Waals surface area contributed by atoms with Crippen LogP contribution in [0.5, 0.6) is 5.75 Å². The van der Waals surface area contributed by atoms with Gasteiger partial charge in [-0.05, 0) is 69.4 Å². The van der Waals surface area contributed by atoms with E-state index >= 15 is 0 Å². The maximum atomic E-state index is 13.8. The summed E-state index contributed by atoms with van der Waals surface area (Å²) >= 11 is 6.05. The van der Waals surface area contributed by atoms with Gasteiger partial charge in [0.05, 0.1) is 7.11 Å². The third kappa shape index (κ3) is 13.0. The number of ether oxygens (including phenoxy) is 2. The number of rotatable bonds is 16. The van der Waals surface area contributed by atoms with Gasteiger partial charge in [0.1, 0.15) is 17.4 Å². The number of nitrogens with one attached hydrogen (secondary N) is 2. The highest BCUT2D eigenvalue weighted by molar-refractivity contribution is 6.31. The van der Waals surface area contributed by atoms with E-state index in [0.29, 0.717) is 10.8 Å². The van der Waals surface area contributed by atoms with E-state index < -0.39 is 71.3 Å². The molecule has 2 N–H and O–H groups in total. The Bertz CT molecular complexity index is 1410. The van der Waals surface area contributed by atoms with Crippen molar-refractivity contribution in [3.8, 4) is 5.75 Å². The molecule has 0 aliphatic rings. The van der Waals surface area contributed by atoms with E-state index in [2.05, 4.69) is 10.6 Å². The molecule has 47 heavy (non-hydrogen) atoms. The van der Waals surface area contributed by atoms with Crippen LogP contribution < -0.4 is 15.4 Å². The van der Waals surface area contributed by atoms with Gasteiger partial charge in [-0.15, -0.1) is 0 Å². The molecule has 0 aliphatic heterocycles. The van der Waals surface area contributed by atoms with Gasteiger partial charge in [-0.1, -0.05) is 49.7 Å². The SMILES string of the molecule is COc1ccc([C@H](NC(=O)[C@H](CCCNC(=O)OC(C)(C)C)CC(=O)c2cccc(Cl)c2)C(=O)C[C@H](C(=O)C(F)(F)F)C(C)C)cc1. The molecule has 0 radical (unpaired) electrons. The van der Waals surface area contributed by atoms with Crippen LogP contribution >= 0.6 is 11.6 Å². The number of alkyl carbamates (subject to hydrolysis) is 1. The molecule has 13 heteroatoms. The minimum absolute atomic E-state index is 0.0959. The molecule has 0 fully saturated rings. The molecule has 3 atom stereocenters. The van der Waals surface area contributed by atoms with Crippen LogP contribution in [0.25, 0.3) is 0 Å². The van der Waals surface area contributed by atoms with E-state index in [4.69, 9.17) is 21.1 Å². The Kier molecular flexibility index (Phi) is 14.4. The molecular weight excluding hydrogens is 641 g/mol. The number of hydrogen-bond donors (Lipinski definition) is 2. The minimum atomic E-state index is -5.15. The first-order valence-corrected chi connectivity index (χ1v) is 15.5. The third-order valence-electron chi connectivity index (χ3n) is 7.25. The van der Waals surface area contributed by atoms with E-state index in [9.17, 15) is 37.1 Å². The maximum Gasteiger partial charge on any atom is 0.450 e. The summed E-state index contributed by atoms with van der Waals surface area (Å²) in [4.78, 5) is 64.9. The monoisotopic (exact) mass is 682 g/mol. The lowest BCUT2D eigenvalue weighted by molar-refractivity contribution is -0.177. The lowest BCUT2D eigenvalue weighted by atomic mass is 9.84. The second-order valence-electron chi connectivity index (χ2n) is 12.5. The Hall–Kier alpha value is -3.93. The topological polar surface area (TPSA) is 128 Å². The minimum Gasteiger partial charge on any atom is -0.497 e. The van der Waals surface area contributed by atoms with E-state index in [0.717, 1.165) is 0 Å². The van der Waals surface area contributed by atoms with Crippen LogP contribution in [0, 0.1) is 17.8 Å². The fourth-order valence-electron chi connectivity index (χ4n) is 4.76. The van der Waals surface area contributed by atoms with Crippen molar-refractivity contribution in [2.75, 3.05) is 13.7 Å². The van der Waals surface area contributed by atoms with Crippen LogP contribution in [0.3, 0.4) is 0 Å². The molecule has 0 spiro atoms. The normalized spacial score (nSPS) is 13.7. The van der Waals surface area contributed by atoms with Crippen molar-refractivity contribution in [3.63, 3.8) is 0 Å². The van der Waals surface area contributed by atoms with Crippen molar-refractivity contribution in [1.29, 1.82) is 0 Å². The summed E-state index contributed by atoms with van der Waals surface area (Å²) in [5.74, 6) is -7.02. The largest absolute Gasteiger partial charge is 0.497 e. The fourth-order valence-corrected chi connectivity index (χ4v) is 4.95. The molecule has 2 amide bonds. The van der Waals surface area contributed by atoms with Gasteiger partial charge in [0.2, 0.25) is 11.7 Å². The van der Waals surface area contributed by atoms with Gasteiger partial charge in [0.15, 0.2) is 11.6 Å². The smallest absolute Gasteiger partial charge is 0.450 e. The van der Waals surface area contributed by atoms with Gasteiger partial charge in [-0.3, -0.25) is 19.2 Å². The standard InChI is InChI=1S/C34H42ClF3N2O7/c1-20(2)26(30(43)34(36,37)38)19-28(42)29(21-12-14-25(46-6)15-13-21)40-31(44)23(10-8-16-39-32(45)47-33(3,4)5)18-27(41)22-9-7-11-24(35)17-22/h7,9,11-15,17,20,23,26,29H,8,10,16,18-19H2,1-6H3,(H,39,45)(H,40,44)/t23-,26+,29+/m1/s1. The summed E-state index contributed by atoms with van der Waals surface area (Å²) in [5, 5.41) is 5.54. The highest BCUT2D eigenvalue weighted by atomic mass is 35.5. The lowest BCUT2D eigenvalue weighted by Gasteiger charge is -2.26. The molecule has 258 valence electrons. The van der Waals surface area contributed by atoms with E-state index in [1.165, 1.54) is 51.3 Å². The van der Waals surface area contributed by atoms with Gasteiger partial charge < -0.3 is 20.1 Å². The number of hydrogen-bond acceptors (Lipinski definition) is 7. The molecule has 9 nitrogen and oxygen atoms in total. The number of benzene rings is 2. The second-order valence-corrected chi connectivity index (χ2v) is 12.9. The van der Waals surface area contributed by atoms with Crippen LogP contribution in [0.2, 0.25) is 5.02 Å². The Morgan fingerprint density at radius 1 is 0.936 bits per heavy atom. The first-order chi connectivity index (χ1) is 21.8. The third-order valence-corrected chi connectivity index (χ3v) is 7.48. The summed E-state index contributed by atoms with van der Waals surface area (Å²) in [6.07, 6.45) is -6.53. The predicted molar refractivity (Wildman–Crippen MR) is 170 cm³/mol. The molecule has 0 aliphatic carbocycles. The van der Waals surface area contributed by atoms with Gasteiger partial charge >= 0.3 is 12.3 Å². The van der Waals surface area contributed by atoms with Crippen molar-refractivity contribution in [2.24, 2.45) is 17.8 Å². The Balaban J connectivity index is 2.37. The Labute approximate surface area is 277 Å². The quantitative estimate of drug-likeness (QED) is 0.143. The van der Waals surface area contributed by atoms with E-state index in [1.54, 1.807) is 39.0 Å². The second kappa shape index (κ2) is 17.3. The van der Waals surface area contributed by atoms with Crippen molar-refractivity contribution < 1.29 is 46.6 Å². The molecule has 0 heterocycles. The van der Waals surface area contributed by atoms with Crippen molar-refractivity contribution >= 4 is 41.0 Å². The molecule has 0 saturated heterocycles. The van der Waals surface area contributed by atoms with Crippen LogP contribution in [-0.2, 0) is 19.1 Å². The van der Waals surface area contributed by atoms with Gasteiger partial charge in [0, 0.05) is 41.8 Å². The number of carbonyl (C=O) groups excluding carboxylic acids is 5.